The summed E-state index contributed by atoms with van der Waals surface area (Å²) in [7, 11) is 0. The molecule has 24 heavy (non-hydrogen) atoms. The first-order chi connectivity index (χ1) is 11.4. The van der Waals surface area contributed by atoms with E-state index >= 15 is 0 Å². The summed E-state index contributed by atoms with van der Waals surface area (Å²) in [5.41, 5.74) is 1.75. The predicted molar refractivity (Wildman–Crippen MR) is 90.0 cm³/mol. The highest BCUT2D eigenvalue weighted by atomic mass is 35.5. The van der Waals surface area contributed by atoms with Crippen molar-refractivity contribution >= 4 is 28.5 Å². The SMILES string of the molecule is Cc1cc(=O)oc2cc(OCc3ccc(C(=O)O)cc3)c(Cl)cc12. The molecule has 6 heteroatoms. The lowest BCUT2D eigenvalue weighted by atomic mass is 10.1. The van der Waals surface area contributed by atoms with Crippen molar-refractivity contribution in [2.24, 2.45) is 0 Å². The van der Waals surface area contributed by atoms with E-state index in [0.29, 0.717) is 16.4 Å². The maximum Gasteiger partial charge on any atom is 0.336 e. The number of halogens is 1. The van der Waals surface area contributed by atoms with E-state index in [9.17, 15) is 9.59 Å². The van der Waals surface area contributed by atoms with E-state index in [4.69, 9.17) is 25.9 Å². The van der Waals surface area contributed by atoms with Crippen molar-refractivity contribution in [1.82, 2.24) is 0 Å². The lowest BCUT2D eigenvalue weighted by molar-refractivity contribution is 0.0697. The molecular weight excluding hydrogens is 332 g/mol. The first kappa shape index (κ1) is 16.1. The van der Waals surface area contributed by atoms with Crippen LogP contribution in [-0.2, 0) is 6.61 Å². The second-order valence-electron chi connectivity index (χ2n) is 5.32. The molecule has 3 aromatic rings. The first-order valence-corrected chi connectivity index (χ1v) is 7.51. The van der Waals surface area contributed by atoms with E-state index in [2.05, 4.69) is 0 Å². The molecule has 0 aliphatic heterocycles. The number of carboxylic acid groups (broad SMARTS) is 1. The van der Waals surface area contributed by atoms with Crippen LogP contribution < -0.4 is 10.4 Å². The second-order valence-corrected chi connectivity index (χ2v) is 5.73. The molecule has 0 aliphatic carbocycles. The Hall–Kier alpha value is -2.79. The van der Waals surface area contributed by atoms with E-state index < -0.39 is 11.6 Å². The van der Waals surface area contributed by atoms with Gasteiger partial charge in [0.15, 0.2) is 0 Å². The monoisotopic (exact) mass is 344 g/mol. The number of fused-ring (bicyclic) bond motifs is 1. The fourth-order valence-corrected chi connectivity index (χ4v) is 2.55. The topological polar surface area (TPSA) is 76.7 Å². The van der Waals surface area contributed by atoms with Crippen molar-refractivity contribution in [1.29, 1.82) is 0 Å². The Kier molecular flexibility index (Phi) is 4.27. The zero-order valence-electron chi connectivity index (χ0n) is 12.7. The molecule has 122 valence electrons. The Morgan fingerprint density at radius 1 is 1.21 bits per heavy atom. The van der Waals surface area contributed by atoms with Gasteiger partial charge in [0.1, 0.15) is 17.9 Å². The van der Waals surface area contributed by atoms with Crippen molar-refractivity contribution in [2.75, 3.05) is 0 Å². The van der Waals surface area contributed by atoms with Crippen LogP contribution in [0, 0.1) is 6.92 Å². The minimum absolute atomic E-state index is 0.208. The summed E-state index contributed by atoms with van der Waals surface area (Å²) in [5, 5.41) is 10.0. The number of aryl methyl sites for hydroxylation is 1. The molecule has 0 atom stereocenters. The van der Waals surface area contributed by atoms with Gasteiger partial charge in [0.25, 0.3) is 0 Å². The normalized spacial score (nSPS) is 10.8. The summed E-state index contributed by atoms with van der Waals surface area (Å²) in [6.07, 6.45) is 0. The quantitative estimate of drug-likeness (QED) is 0.723. The molecule has 0 bridgehead atoms. The van der Waals surface area contributed by atoms with Gasteiger partial charge in [0, 0.05) is 17.5 Å². The Balaban J connectivity index is 1.86. The van der Waals surface area contributed by atoms with Crippen LogP contribution in [0.3, 0.4) is 0 Å². The van der Waals surface area contributed by atoms with Gasteiger partial charge in [-0.1, -0.05) is 23.7 Å². The van der Waals surface area contributed by atoms with Gasteiger partial charge in [-0.15, -0.1) is 0 Å². The number of aromatic carboxylic acids is 1. The molecule has 0 aliphatic rings. The molecule has 0 saturated heterocycles. The average molecular weight is 345 g/mol. The Bertz CT molecular complexity index is 973. The zero-order valence-corrected chi connectivity index (χ0v) is 13.5. The van der Waals surface area contributed by atoms with Crippen molar-refractivity contribution < 1.29 is 19.1 Å². The number of rotatable bonds is 4. The fourth-order valence-electron chi connectivity index (χ4n) is 2.33. The average Bonchev–Trinajstić information content (AvgIpc) is 2.54. The van der Waals surface area contributed by atoms with Gasteiger partial charge in [-0.25, -0.2) is 9.59 Å². The van der Waals surface area contributed by atoms with Crippen molar-refractivity contribution in [3.05, 3.63) is 74.6 Å². The van der Waals surface area contributed by atoms with E-state index in [0.717, 1.165) is 16.5 Å². The fraction of sp³-hybridized carbons (Fsp3) is 0.111. The van der Waals surface area contributed by atoms with Crippen LogP contribution in [0.4, 0.5) is 0 Å². The molecule has 1 heterocycles. The molecule has 0 unspecified atom stereocenters. The third-order valence-corrected chi connectivity index (χ3v) is 3.89. The molecule has 0 fully saturated rings. The Morgan fingerprint density at radius 3 is 2.58 bits per heavy atom. The third-order valence-electron chi connectivity index (χ3n) is 3.60. The lowest BCUT2D eigenvalue weighted by Gasteiger charge is -2.10. The Labute approximate surface area is 142 Å². The van der Waals surface area contributed by atoms with Gasteiger partial charge in [-0.3, -0.25) is 0 Å². The third kappa shape index (κ3) is 3.26. The van der Waals surface area contributed by atoms with E-state index in [-0.39, 0.29) is 12.2 Å². The summed E-state index contributed by atoms with van der Waals surface area (Å²) in [5.74, 6) is -0.592. The van der Waals surface area contributed by atoms with Crippen LogP contribution >= 0.6 is 11.6 Å². The van der Waals surface area contributed by atoms with Crippen LogP contribution in [0.2, 0.25) is 5.02 Å². The molecule has 3 rings (SSSR count). The maximum absolute atomic E-state index is 11.5. The number of hydrogen-bond donors (Lipinski definition) is 1. The van der Waals surface area contributed by atoms with Crippen LogP contribution in [0.5, 0.6) is 5.75 Å². The van der Waals surface area contributed by atoms with E-state index in [1.165, 1.54) is 18.2 Å². The molecule has 2 aromatic carbocycles. The summed E-state index contributed by atoms with van der Waals surface area (Å²) in [6, 6.07) is 11.0. The van der Waals surface area contributed by atoms with Crippen LogP contribution in [0.15, 0.2) is 51.7 Å². The van der Waals surface area contributed by atoms with Crippen LogP contribution in [0.25, 0.3) is 11.0 Å². The van der Waals surface area contributed by atoms with Gasteiger partial charge < -0.3 is 14.3 Å². The largest absolute Gasteiger partial charge is 0.487 e. The van der Waals surface area contributed by atoms with Gasteiger partial charge in [0.2, 0.25) is 0 Å². The highest BCUT2D eigenvalue weighted by molar-refractivity contribution is 6.32. The molecule has 0 radical (unpaired) electrons. The van der Waals surface area contributed by atoms with Gasteiger partial charge >= 0.3 is 11.6 Å². The number of hydrogen-bond acceptors (Lipinski definition) is 4. The molecular formula is C18H13ClO5. The van der Waals surface area contributed by atoms with Crippen LogP contribution in [0.1, 0.15) is 21.5 Å². The van der Waals surface area contributed by atoms with Gasteiger partial charge in [0.05, 0.1) is 10.6 Å². The summed E-state index contributed by atoms with van der Waals surface area (Å²) >= 11 is 6.23. The molecule has 5 nitrogen and oxygen atoms in total. The number of carbonyl (C=O) groups is 1. The molecule has 1 aromatic heterocycles. The molecule has 0 saturated carbocycles. The summed E-state index contributed by atoms with van der Waals surface area (Å²) in [4.78, 5) is 22.3. The first-order valence-electron chi connectivity index (χ1n) is 7.13. The number of ether oxygens (including phenoxy) is 1. The highest BCUT2D eigenvalue weighted by Gasteiger charge is 2.10. The minimum atomic E-state index is -0.981. The van der Waals surface area contributed by atoms with E-state index in [1.54, 1.807) is 31.2 Å². The molecule has 0 spiro atoms. The lowest BCUT2D eigenvalue weighted by Crippen LogP contribution is -2.00. The molecule has 0 amide bonds. The zero-order chi connectivity index (χ0) is 17.3. The van der Waals surface area contributed by atoms with Gasteiger partial charge in [-0.05, 0) is 36.2 Å². The van der Waals surface area contributed by atoms with Crippen LogP contribution in [-0.4, -0.2) is 11.1 Å². The summed E-state index contributed by atoms with van der Waals surface area (Å²) < 4.78 is 10.8. The number of benzene rings is 2. The summed E-state index contributed by atoms with van der Waals surface area (Å²) in [6.45, 7) is 2.02. The van der Waals surface area contributed by atoms with Crippen molar-refractivity contribution in [3.8, 4) is 5.75 Å². The van der Waals surface area contributed by atoms with Gasteiger partial charge in [-0.2, -0.15) is 0 Å². The second kappa shape index (κ2) is 6.37. The van der Waals surface area contributed by atoms with Crippen molar-refractivity contribution in [2.45, 2.75) is 13.5 Å². The standard InChI is InChI=1S/C18H13ClO5/c1-10-6-17(20)24-15-8-16(14(19)7-13(10)15)23-9-11-2-4-12(5-3-11)18(21)22/h2-8H,9H2,1H3,(H,21,22). The maximum atomic E-state index is 11.5. The predicted octanol–water partition coefficient (Wildman–Crippen LogP) is 4.03. The van der Waals surface area contributed by atoms with Crippen molar-refractivity contribution in [3.63, 3.8) is 0 Å². The number of carboxylic acids is 1. The Morgan fingerprint density at radius 2 is 1.92 bits per heavy atom. The highest BCUT2D eigenvalue weighted by Crippen LogP contribution is 2.31. The van der Waals surface area contributed by atoms with E-state index in [1.807, 2.05) is 0 Å². The minimum Gasteiger partial charge on any atom is -0.487 e. The smallest absolute Gasteiger partial charge is 0.336 e. The molecule has 1 N–H and O–H groups in total.